The van der Waals surface area contributed by atoms with Gasteiger partial charge in [0.25, 0.3) is 0 Å². The van der Waals surface area contributed by atoms with Crippen molar-refractivity contribution < 1.29 is 0 Å². The predicted molar refractivity (Wildman–Crippen MR) is 59.8 cm³/mol. The van der Waals surface area contributed by atoms with Crippen molar-refractivity contribution >= 4 is 5.57 Å². The molecule has 1 aromatic rings. The van der Waals surface area contributed by atoms with Crippen LogP contribution in [-0.2, 0) is 6.42 Å². The molecule has 0 atom stereocenters. The van der Waals surface area contributed by atoms with E-state index in [1.807, 2.05) is 0 Å². The van der Waals surface area contributed by atoms with Crippen LogP contribution < -0.4 is 0 Å². The Morgan fingerprint density at radius 1 is 1.38 bits per heavy atom. The van der Waals surface area contributed by atoms with Gasteiger partial charge in [-0.15, -0.1) is 0 Å². The third-order valence-electron chi connectivity index (χ3n) is 2.24. The Balaban J connectivity index is 2.73. The summed E-state index contributed by atoms with van der Waals surface area (Å²) in [5, 5.41) is 0. The van der Waals surface area contributed by atoms with Crippen LogP contribution in [0.2, 0.25) is 0 Å². The van der Waals surface area contributed by atoms with E-state index in [2.05, 4.69) is 44.7 Å². The molecule has 0 heteroatoms. The van der Waals surface area contributed by atoms with Crippen molar-refractivity contribution in [3.05, 3.63) is 42.0 Å². The Morgan fingerprint density at radius 2 is 2.15 bits per heavy atom. The van der Waals surface area contributed by atoms with Gasteiger partial charge >= 0.3 is 0 Å². The van der Waals surface area contributed by atoms with Gasteiger partial charge in [0.15, 0.2) is 0 Å². The van der Waals surface area contributed by atoms with Crippen LogP contribution in [0.1, 0.15) is 37.8 Å². The highest BCUT2D eigenvalue weighted by Gasteiger charge is 1.95. The molecule has 0 aliphatic heterocycles. The van der Waals surface area contributed by atoms with Crippen molar-refractivity contribution in [1.82, 2.24) is 0 Å². The Labute approximate surface area is 81.3 Å². The van der Waals surface area contributed by atoms with Gasteiger partial charge in [0.1, 0.15) is 0 Å². The molecule has 1 rings (SSSR count). The van der Waals surface area contributed by atoms with Crippen LogP contribution in [0.4, 0.5) is 0 Å². The van der Waals surface area contributed by atoms with E-state index in [0.29, 0.717) is 0 Å². The van der Waals surface area contributed by atoms with E-state index >= 15 is 0 Å². The van der Waals surface area contributed by atoms with Crippen molar-refractivity contribution in [3.8, 4) is 0 Å². The predicted octanol–water partition coefficient (Wildman–Crippen LogP) is 4.06. The summed E-state index contributed by atoms with van der Waals surface area (Å²) in [6.45, 7) is 8.23. The summed E-state index contributed by atoms with van der Waals surface area (Å²) < 4.78 is 0. The smallest absolute Gasteiger partial charge is 0.0231 e. The van der Waals surface area contributed by atoms with Crippen molar-refractivity contribution in [2.75, 3.05) is 0 Å². The first kappa shape index (κ1) is 10.0. The Kier molecular flexibility index (Phi) is 3.75. The quantitative estimate of drug-likeness (QED) is 0.645. The average molecular weight is 174 g/mol. The monoisotopic (exact) mass is 174 g/mol. The summed E-state index contributed by atoms with van der Waals surface area (Å²) in [4.78, 5) is 0. The van der Waals surface area contributed by atoms with E-state index in [1.54, 1.807) is 0 Å². The van der Waals surface area contributed by atoms with Gasteiger partial charge in [0.2, 0.25) is 0 Å². The molecular formula is C13H18. The summed E-state index contributed by atoms with van der Waals surface area (Å²) in [6.07, 6.45) is 3.73. The molecule has 0 nitrogen and oxygen atoms in total. The van der Waals surface area contributed by atoms with E-state index in [0.717, 1.165) is 5.57 Å². The number of allylic oxidation sites excluding steroid dienone is 1. The minimum Gasteiger partial charge on any atom is -0.0955 e. The molecule has 0 radical (unpaired) electrons. The normalized spacial score (nSPS) is 10.0. The van der Waals surface area contributed by atoms with Crippen molar-refractivity contribution in [2.24, 2.45) is 0 Å². The SMILES string of the molecule is C=C(C)c1cccc(CCCC)c1. The maximum Gasteiger partial charge on any atom is -0.0231 e. The molecule has 0 unspecified atom stereocenters. The molecule has 0 heterocycles. The van der Waals surface area contributed by atoms with E-state index < -0.39 is 0 Å². The van der Waals surface area contributed by atoms with E-state index in [-0.39, 0.29) is 0 Å². The lowest BCUT2D eigenvalue weighted by molar-refractivity contribution is 0.795. The fraction of sp³-hybridized carbons (Fsp3) is 0.385. The van der Waals surface area contributed by atoms with E-state index in [1.165, 1.54) is 30.4 Å². The lowest BCUT2D eigenvalue weighted by Gasteiger charge is -2.03. The van der Waals surface area contributed by atoms with Gasteiger partial charge in [-0.1, -0.05) is 49.8 Å². The number of benzene rings is 1. The van der Waals surface area contributed by atoms with Gasteiger partial charge in [-0.2, -0.15) is 0 Å². The number of hydrogen-bond acceptors (Lipinski definition) is 0. The summed E-state index contributed by atoms with van der Waals surface area (Å²) >= 11 is 0. The zero-order valence-electron chi connectivity index (χ0n) is 8.64. The van der Waals surface area contributed by atoms with Gasteiger partial charge < -0.3 is 0 Å². The van der Waals surface area contributed by atoms with Crippen LogP contribution in [0.25, 0.3) is 5.57 Å². The van der Waals surface area contributed by atoms with Crippen molar-refractivity contribution in [2.45, 2.75) is 33.1 Å². The summed E-state index contributed by atoms with van der Waals surface area (Å²) in [7, 11) is 0. The molecular weight excluding hydrogens is 156 g/mol. The topological polar surface area (TPSA) is 0 Å². The average Bonchev–Trinajstić information content (AvgIpc) is 2.15. The highest BCUT2D eigenvalue weighted by atomic mass is 14.0. The number of aryl methyl sites for hydroxylation is 1. The standard InChI is InChI=1S/C13H18/c1-4-5-7-12-8-6-9-13(10-12)11(2)3/h6,8-10H,2,4-5,7H2,1,3H3. The van der Waals surface area contributed by atoms with Crippen LogP contribution in [0, 0.1) is 0 Å². The molecule has 0 amide bonds. The summed E-state index contributed by atoms with van der Waals surface area (Å²) in [6, 6.07) is 8.69. The second-order valence-electron chi connectivity index (χ2n) is 3.58. The molecule has 0 fully saturated rings. The molecule has 0 bridgehead atoms. The minimum absolute atomic E-state index is 1.15. The zero-order chi connectivity index (χ0) is 9.68. The Hall–Kier alpha value is -1.04. The Morgan fingerprint density at radius 3 is 2.77 bits per heavy atom. The number of rotatable bonds is 4. The molecule has 1 aromatic carbocycles. The highest BCUT2D eigenvalue weighted by molar-refractivity contribution is 5.61. The highest BCUT2D eigenvalue weighted by Crippen LogP contribution is 2.14. The summed E-state index contributed by atoms with van der Waals surface area (Å²) in [5.74, 6) is 0. The molecule has 70 valence electrons. The maximum absolute atomic E-state index is 3.95. The maximum atomic E-state index is 3.95. The van der Waals surface area contributed by atoms with Gasteiger partial charge in [-0.25, -0.2) is 0 Å². The van der Waals surface area contributed by atoms with E-state index in [4.69, 9.17) is 0 Å². The molecule has 13 heavy (non-hydrogen) atoms. The summed E-state index contributed by atoms with van der Waals surface area (Å²) in [5.41, 5.74) is 3.86. The Bertz CT molecular complexity index is 284. The van der Waals surface area contributed by atoms with Crippen molar-refractivity contribution in [3.63, 3.8) is 0 Å². The first-order chi connectivity index (χ1) is 6.24. The zero-order valence-corrected chi connectivity index (χ0v) is 8.64. The lowest BCUT2D eigenvalue weighted by atomic mass is 10.0. The molecule has 0 aliphatic carbocycles. The van der Waals surface area contributed by atoms with Crippen LogP contribution >= 0.6 is 0 Å². The van der Waals surface area contributed by atoms with Crippen molar-refractivity contribution in [1.29, 1.82) is 0 Å². The fourth-order valence-corrected chi connectivity index (χ4v) is 1.37. The second kappa shape index (κ2) is 4.86. The largest absolute Gasteiger partial charge is 0.0955 e. The van der Waals surface area contributed by atoms with Gasteiger partial charge in [-0.3, -0.25) is 0 Å². The molecule has 0 saturated heterocycles. The first-order valence-corrected chi connectivity index (χ1v) is 4.99. The van der Waals surface area contributed by atoms with Crippen LogP contribution in [0.3, 0.4) is 0 Å². The molecule has 0 aliphatic rings. The van der Waals surface area contributed by atoms with Crippen LogP contribution in [-0.4, -0.2) is 0 Å². The lowest BCUT2D eigenvalue weighted by Crippen LogP contribution is -1.86. The third kappa shape index (κ3) is 3.06. The molecule has 0 saturated carbocycles. The van der Waals surface area contributed by atoms with Crippen LogP contribution in [0.15, 0.2) is 30.8 Å². The van der Waals surface area contributed by atoms with Crippen LogP contribution in [0.5, 0.6) is 0 Å². The van der Waals surface area contributed by atoms with Gasteiger partial charge in [-0.05, 0) is 30.9 Å². The molecule has 0 N–H and O–H groups in total. The second-order valence-corrected chi connectivity index (χ2v) is 3.58. The van der Waals surface area contributed by atoms with Gasteiger partial charge in [0, 0.05) is 0 Å². The van der Waals surface area contributed by atoms with Gasteiger partial charge in [0.05, 0.1) is 0 Å². The first-order valence-electron chi connectivity index (χ1n) is 4.99. The third-order valence-corrected chi connectivity index (χ3v) is 2.24. The number of unbranched alkanes of at least 4 members (excludes halogenated alkanes) is 1. The fourth-order valence-electron chi connectivity index (χ4n) is 1.37. The number of hydrogen-bond donors (Lipinski definition) is 0. The molecule has 0 spiro atoms. The van der Waals surface area contributed by atoms with E-state index in [9.17, 15) is 0 Å². The minimum atomic E-state index is 1.15. The molecule has 0 aromatic heterocycles.